The molecule has 140 valence electrons. The summed E-state index contributed by atoms with van der Waals surface area (Å²) in [5.74, 6) is -0.346. The average Bonchev–Trinajstić information content (AvgIpc) is 3.39. The summed E-state index contributed by atoms with van der Waals surface area (Å²) in [7, 11) is 0. The summed E-state index contributed by atoms with van der Waals surface area (Å²) in [4.78, 5) is 21.0. The smallest absolute Gasteiger partial charge is 0.271 e. The van der Waals surface area contributed by atoms with E-state index in [4.69, 9.17) is 0 Å². The van der Waals surface area contributed by atoms with Gasteiger partial charge in [-0.2, -0.15) is 5.10 Å². The van der Waals surface area contributed by atoms with E-state index < -0.39 is 0 Å². The van der Waals surface area contributed by atoms with Crippen molar-refractivity contribution >= 4 is 5.91 Å². The molecule has 8 heteroatoms. The van der Waals surface area contributed by atoms with Crippen LogP contribution in [0.4, 0.5) is 4.39 Å². The number of carbonyl (C=O) groups is 1. The molecule has 1 N–H and O–H groups in total. The molecular weight excluding hydrogens is 347 g/mol. The predicted octanol–water partition coefficient (Wildman–Crippen LogP) is 1.87. The van der Waals surface area contributed by atoms with Crippen molar-refractivity contribution < 1.29 is 9.18 Å². The van der Waals surface area contributed by atoms with Gasteiger partial charge in [0, 0.05) is 57.2 Å². The van der Waals surface area contributed by atoms with E-state index in [0.717, 1.165) is 31.7 Å². The molecule has 0 spiro atoms. The SMILES string of the molecule is O=C(c1cc(-c2ccc(F)cc2)n[nH]1)N1CCN(CCn2ccnc2)CC1. The molecule has 0 aliphatic carbocycles. The van der Waals surface area contributed by atoms with Crippen molar-refractivity contribution in [1.29, 1.82) is 0 Å². The Morgan fingerprint density at radius 3 is 2.59 bits per heavy atom. The third kappa shape index (κ3) is 4.06. The van der Waals surface area contributed by atoms with Crippen LogP contribution in [0.2, 0.25) is 0 Å². The summed E-state index contributed by atoms with van der Waals surface area (Å²) < 4.78 is 15.1. The topological polar surface area (TPSA) is 70.1 Å². The lowest BCUT2D eigenvalue weighted by atomic mass is 10.1. The minimum Gasteiger partial charge on any atom is -0.336 e. The highest BCUT2D eigenvalue weighted by Gasteiger charge is 2.23. The Kier molecular flexibility index (Phi) is 4.97. The second-order valence-corrected chi connectivity index (χ2v) is 6.61. The van der Waals surface area contributed by atoms with Gasteiger partial charge in [-0.3, -0.25) is 14.8 Å². The maximum Gasteiger partial charge on any atom is 0.271 e. The summed E-state index contributed by atoms with van der Waals surface area (Å²) in [6.07, 6.45) is 5.55. The Labute approximate surface area is 156 Å². The van der Waals surface area contributed by atoms with Gasteiger partial charge in [0.15, 0.2) is 0 Å². The Morgan fingerprint density at radius 1 is 1.11 bits per heavy atom. The van der Waals surface area contributed by atoms with Gasteiger partial charge in [0.25, 0.3) is 5.91 Å². The largest absolute Gasteiger partial charge is 0.336 e. The van der Waals surface area contributed by atoms with E-state index in [0.29, 0.717) is 24.5 Å². The van der Waals surface area contributed by atoms with E-state index in [2.05, 4.69) is 24.6 Å². The fraction of sp³-hybridized carbons (Fsp3) is 0.316. The van der Waals surface area contributed by atoms with Crippen LogP contribution < -0.4 is 0 Å². The van der Waals surface area contributed by atoms with Crippen LogP contribution in [-0.4, -0.2) is 68.2 Å². The highest BCUT2D eigenvalue weighted by Crippen LogP contribution is 2.19. The minimum atomic E-state index is -0.295. The fourth-order valence-corrected chi connectivity index (χ4v) is 3.22. The normalized spacial score (nSPS) is 15.2. The van der Waals surface area contributed by atoms with Crippen LogP contribution in [-0.2, 0) is 6.54 Å². The number of rotatable bonds is 5. The zero-order valence-electron chi connectivity index (χ0n) is 14.9. The maximum atomic E-state index is 13.0. The summed E-state index contributed by atoms with van der Waals surface area (Å²) >= 11 is 0. The van der Waals surface area contributed by atoms with Gasteiger partial charge in [0.2, 0.25) is 0 Å². The van der Waals surface area contributed by atoms with Gasteiger partial charge in [0.05, 0.1) is 12.0 Å². The molecule has 2 aromatic heterocycles. The van der Waals surface area contributed by atoms with Crippen LogP contribution in [0.1, 0.15) is 10.5 Å². The summed E-state index contributed by atoms with van der Waals surface area (Å²) in [5.41, 5.74) is 1.87. The van der Waals surface area contributed by atoms with Gasteiger partial charge in [-0.1, -0.05) is 0 Å². The van der Waals surface area contributed by atoms with Gasteiger partial charge in [0.1, 0.15) is 11.5 Å². The highest BCUT2D eigenvalue weighted by atomic mass is 19.1. The molecule has 0 saturated carbocycles. The number of hydrogen-bond acceptors (Lipinski definition) is 4. The molecule has 4 rings (SSSR count). The minimum absolute atomic E-state index is 0.0508. The molecule has 1 fully saturated rings. The van der Waals surface area contributed by atoms with Gasteiger partial charge >= 0.3 is 0 Å². The molecule has 7 nitrogen and oxygen atoms in total. The molecular formula is C19H21FN6O. The quantitative estimate of drug-likeness (QED) is 0.746. The molecule has 0 atom stereocenters. The number of nitrogens with zero attached hydrogens (tertiary/aromatic N) is 5. The Balaban J connectivity index is 1.32. The van der Waals surface area contributed by atoms with E-state index in [1.54, 1.807) is 24.4 Å². The summed E-state index contributed by atoms with van der Waals surface area (Å²) in [5, 5.41) is 7.00. The molecule has 3 aromatic rings. The standard InChI is InChI=1S/C19H21FN6O/c20-16-3-1-15(2-4-16)17-13-18(23-22-17)19(27)26-11-9-24(10-12-26)7-8-25-6-5-21-14-25/h1-6,13-14H,7-12H2,(H,22,23). The number of benzene rings is 1. The summed E-state index contributed by atoms with van der Waals surface area (Å²) in [6, 6.07) is 7.79. The van der Waals surface area contributed by atoms with Gasteiger partial charge in [-0.15, -0.1) is 0 Å². The lowest BCUT2D eigenvalue weighted by molar-refractivity contribution is 0.0627. The van der Waals surface area contributed by atoms with Crippen molar-refractivity contribution in [3.63, 3.8) is 0 Å². The zero-order valence-corrected chi connectivity index (χ0v) is 14.9. The van der Waals surface area contributed by atoms with Crippen LogP contribution in [0.25, 0.3) is 11.3 Å². The number of hydrogen-bond donors (Lipinski definition) is 1. The van der Waals surface area contributed by atoms with Crippen LogP contribution in [0.3, 0.4) is 0 Å². The van der Waals surface area contributed by atoms with E-state index in [-0.39, 0.29) is 11.7 Å². The Hall–Kier alpha value is -3.00. The van der Waals surface area contributed by atoms with Gasteiger partial charge in [-0.05, 0) is 30.3 Å². The number of nitrogens with one attached hydrogen (secondary N) is 1. The fourth-order valence-electron chi connectivity index (χ4n) is 3.22. The molecule has 0 bridgehead atoms. The number of piperazine rings is 1. The third-order valence-corrected chi connectivity index (χ3v) is 4.84. The third-order valence-electron chi connectivity index (χ3n) is 4.84. The first-order valence-electron chi connectivity index (χ1n) is 8.98. The van der Waals surface area contributed by atoms with Crippen LogP contribution in [0, 0.1) is 5.82 Å². The lowest BCUT2D eigenvalue weighted by Crippen LogP contribution is -2.49. The van der Waals surface area contributed by atoms with Crippen molar-refractivity contribution in [2.24, 2.45) is 0 Å². The van der Waals surface area contributed by atoms with Crippen LogP contribution in [0.5, 0.6) is 0 Å². The second-order valence-electron chi connectivity index (χ2n) is 6.61. The number of amides is 1. The molecule has 0 radical (unpaired) electrons. The van der Waals surface area contributed by atoms with Crippen molar-refractivity contribution in [3.05, 3.63) is 60.6 Å². The molecule has 1 saturated heterocycles. The van der Waals surface area contributed by atoms with Crippen molar-refractivity contribution in [2.45, 2.75) is 6.54 Å². The van der Waals surface area contributed by atoms with E-state index >= 15 is 0 Å². The predicted molar refractivity (Wildman–Crippen MR) is 98.6 cm³/mol. The van der Waals surface area contributed by atoms with Crippen molar-refractivity contribution in [1.82, 2.24) is 29.5 Å². The maximum absolute atomic E-state index is 13.0. The van der Waals surface area contributed by atoms with E-state index in [9.17, 15) is 9.18 Å². The van der Waals surface area contributed by atoms with E-state index in [1.807, 2.05) is 17.4 Å². The first-order valence-corrected chi connectivity index (χ1v) is 8.98. The summed E-state index contributed by atoms with van der Waals surface area (Å²) in [6.45, 7) is 4.91. The Bertz CT molecular complexity index is 881. The van der Waals surface area contributed by atoms with Crippen LogP contribution >= 0.6 is 0 Å². The number of aromatic amines is 1. The first kappa shape index (κ1) is 17.4. The van der Waals surface area contributed by atoms with Crippen LogP contribution in [0.15, 0.2) is 49.1 Å². The van der Waals surface area contributed by atoms with Crippen molar-refractivity contribution in [2.75, 3.05) is 32.7 Å². The number of aromatic nitrogens is 4. The molecule has 27 heavy (non-hydrogen) atoms. The van der Waals surface area contributed by atoms with Crippen molar-refractivity contribution in [3.8, 4) is 11.3 Å². The molecule has 1 aromatic carbocycles. The lowest BCUT2D eigenvalue weighted by Gasteiger charge is -2.34. The molecule has 0 unspecified atom stereocenters. The number of imidazole rings is 1. The number of H-pyrrole nitrogens is 1. The number of carbonyl (C=O) groups excluding carboxylic acids is 1. The molecule has 3 heterocycles. The first-order chi connectivity index (χ1) is 13.2. The Morgan fingerprint density at radius 2 is 1.89 bits per heavy atom. The number of halogens is 1. The second kappa shape index (κ2) is 7.71. The average molecular weight is 368 g/mol. The van der Waals surface area contributed by atoms with E-state index in [1.165, 1.54) is 12.1 Å². The molecule has 1 amide bonds. The van der Waals surface area contributed by atoms with Gasteiger partial charge in [-0.25, -0.2) is 9.37 Å². The monoisotopic (exact) mass is 368 g/mol. The molecule has 1 aliphatic rings. The highest BCUT2D eigenvalue weighted by molar-refractivity contribution is 5.93. The molecule has 1 aliphatic heterocycles. The van der Waals surface area contributed by atoms with Gasteiger partial charge < -0.3 is 9.47 Å². The zero-order chi connectivity index (χ0) is 18.6.